The molecule has 0 unspecified atom stereocenters. The molecule has 2 rings (SSSR count). The van der Waals surface area contributed by atoms with Gasteiger partial charge in [0.05, 0.1) is 6.61 Å². The van der Waals surface area contributed by atoms with Crippen LogP contribution in [0.2, 0.25) is 5.02 Å². The van der Waals surface area contributed by atoms with Gasteiger partial charge in [-0.25, -0.2) is 0 Å². The Labute approximate surface area is 121 Å². The van der Waals surface area contributed by atoms with Gasteiger partial charge in [0.1, 0.15) is 0 Å². The summed E-state index contributed by atoms with van der Waals surface area (Å²) in [6.07, 6.45) is 6.43. The number of aliphatic hydroxyl groups excluding tert-OH is 1. The van der Waals surface area contributed by atoms with E-state index in [2.05, 4.69) is 18.9 Å². The molecule has 1 saturated carbocycles. The highest BCUT2D eigenvalue weighted by atomic mass is 35.5. The van der Waals surface area contributed by atoms with Gasteiger partial charge in [0, 0.05) is 29.4 Å². The molecule has 1 aliphatic carbocycles. The smallest absolute Gasteiger partial charge is 0.0702 e. The zero-order chi connectivity index (χ0) is 13.8. The van der Waals surface area contributed by atoms with Crippen molar-refractivity contribution in [1.82, 2.24) is 0 Å². The van der Waals surface area contributed by atoms with Crippen molar-refractivity contribution in [2.24, 2.45) is 5.92 Å². The molecule has 0 heterocycles. The Hall–Kier alpha value is -0.730. The van der Waals surface area contributed by atoms with Crippen LogP contribution in [0, 0.1) is 5.92 Å². The van der Waals surface area contributed by atoms with Crippen LogP contribution in [0.25, 0.3) is 0 Å². The minimum absolute atomic E-state index is 0.0706. The van der Waals surface area contributed by atoms with Crippen LogP contribution >= 0.6 is 11.6 Å². The largest absolute Gasteiger partial charge is 0.392 e. The van der Waals surface area contributed by atoms with Gasteiger partial charge in [0.25, 0.3) is 0 Å². The topological polar surface area (TPSA) is 23.5 Å². The molecule has 1 aromatic rings. The van der Waals surface area contributed by atoms with E-state index in [4.69, 9.17) is 11.6 Å². The first-order chi connectivity index (χ1) is 9.15. The predicted octanol–water partition coefficient (Wildman–Crippen LogP) is 4.24. The monoisotopic (exact) mass is 281 g/mol. The molecule has 0 spiro atoms. The maximum atomic E-state index is 9.47. The molecular formula is C16H24ClNO. The minimum Gasteiger partial charge on any atom is -0.392 e. The van der Waals surface area contributed by atoms with Crippen LogP contribution in [0.5, 0.6) is 0 Å². The summed E-state index contributed by atoms with van der Waals surface area (Å²) < 4.78 is 0. The van der Waals surface area contributed by atoms with Crippen LogP contribution < -0.4 is 4.90 Å². The van der Waals surface area contributed by atoms with Crippen molar-refractivity contribution < 1.29 is 5.11 Å². The molecule has 1 fully saturated rings. The van der Waals surface area contributed by atoms with Crippen molar-refractivity contribution >= 4 is 17.3 Å². The lowest BCUT2D eigenvalue weighted by atomic mass is 9.84. The number of aliphatic hydroxyl groups is 1. The molecule has 0 aromatic heterocycles. The predicted molar refractivity (Wildman–Crippen MR) is 81.8 cm³/mol. The van der Waals surface area contributed by atoms with Crippen molar-refractivity contribution in [3.63, 3.8) is 0 Å². The first kappa shape index (κ1) is 14.7. The molecule has 3 heteroatoms. The lowest BCUT2D eigenvalue weighted by molar-refractivity contribution is 0.280. The normalized spacial score (nSPS) is 23.4. The van der Waals surface area contributed by atoms with E-state index in [1.54, 1.807) is 0 Å². The van der Waals surface area contributed by atoms with E-state index in [1.165, 1.54) is 32.1 Å². The first-order valence-electron chi connectivity index (χ1n) is 7.27. The molecule has 0 amide bonds. The molecule has 1 N–H and O–H groups in total. The number of anilines is 1. The summed E-state index contributed by atoms with van der Waals surface area (Å²) in [4.78, 5) is 2.31. The molecule has 1 aromatic carbocycles. The summed E-state index contributed by atoms with van der Waals surface area (Å²) in [6, 6.07) is 6.31. The second kappa shape index (κ2) is 6.62. The first-order valence-corrected chi connectivity index (χ1v) is 7.65. The third-order valence-corrected chi connectivity index (χ3v) is 4.77. The third kappa shape index (κ3) is 3.43. The molecule has 19 heavy (non-hydrogen) atoms. The van der Waals surface area contributed by atoms with Gasteiger partial charge in [-0.2, -0.15) is 0 Å². The number of rotatable bonds is 4. The molecular weight excluding hydrogens is 258 g/mol. The lowest BCUT2D eigenvalue weighted by Gasteiger charge is -2.36. The summed E-state index contributed by atoms with van der Waals surface area (Å²) >= 11 is 6.09. The van der Waals surface area contributed by atoms with Gasteiger partial charge in [0.15, 0.2) is 0 Å². The van der Waals surface area contributed by atoms with Crippen molar-refractivity contribution in [2.45, 2.75) is 51.7 Å². The third-order valence-electron chi connectivity index (χ3n) is 4.54. The van der Waals surface area contributed by atoms with Crippen LogP contribution in [0.15, 0.2) is 18.2 Å². The summed E-state index contributed by atoms with van der Waals surface area (Å²) in [5, 5.41) is 10.2. The number of hydrogen-bond donors (Lipinski definition) is 1. The van der Waals surface area contributed by atoms with E-state index in [0.717, 1.165) is 22.2 Å². The number of halogens is 1. The van der Waals surface area contributed by atoms with E-state index in [0.29, 0.717) is 6.04 Å². The Morgan fingerprint density at radius 3 is 2.53 bits per heavy atom. The second-order valence-electron chi connectivity index (χ2n) is 5.62. The Kier molecular flexibility index (Phi) is 5.12. The fourth-order valence-corrected chi connectivity index (χ4v) is 3.30. The van der Waals surface area contributed by atoms with Crippen LogP contribution in [0.4, 0.5) is 5.69 Å². The van der Waals surface area contributed by atoms with Crippen LogP contribution in [0.1, 0.15) is 44.6 Å². The Morgan fingerprint density at radius 1 is 1.26 bits per heavy atom. The van der Waals surface area contributed by atoms with Gasteiger partial charge in [-0.1, -0.05) is 31.0 Å². The zero-order valence-electron chi connectivity index (χ0n) is 11.9. The summed E-state index contributed by atoms with van der Waals surface area (Å²) in [7, 11) is 2.13. The van der Waals surface area contributed by atoms with Gasteiger partial charge in [-0.15, -0.1) is 0 Å². The van der Waals surface area contributed by atoms with Crippen molar-refractivity contribution in [3.8, 4) is 0 Å². The standard InChI is InChI=1S/C16H24ClNO/c1-3-12-4-8-15(9-5-12)18(2)16-10-14(17)7-6-13(16)11-19/h6-7,10,12,15,19H,3-5,8-9,11H2,1-2H3. The molecule has 0 bridgehead atoms. The highest BCUT2D eigenvalue weighted by molar-refractivity contribution is 6.30. The Bertz CT molecular complexity index is 413. The molecule has 0 aliphatic heterocycles. The van der Waals surface area contributed by atoms with E-state index < -0.39 is 0 Å². The van der Waals surface area contributed by atoms with Crippen molar-refractivity contribution in [1.29, 1.82) is 0 Å². The summed E-state index contributed by atoms with van der Waals surface area (Å²) in [5.74, 6) is 0.904. The van der Waals surface area contributed by atoms with E-state index in [9.17, 15) is 5.11 Å². The highest BCUT2D eigenvalue weighted by Crippen LogP contribution is 2.33. The molecule has 2 nitrogen and oxygen atoms in total. The van der Waals surface area contributed by atoms with Crippen LogP contribution in [0.3, 0.4) is 0 Å². The number of hydrogen-bond acceptors (Lipinski definition) is 2. The van der Waals surface area contributed by atoms with E-state index >= 15 is 0 Å². The zero-order valence-corrected chi connectivity index (χ0v) is 12.7. The molecule has 0 radical (unpaired) electrons. The Balaban J connectivity index is 2.11. The Morgan fingerprint density at radius 2 is 1.95 bits per heavy atom. The average molecular weight is 282 g/mol. The maximum absolute atomic E-state index is 9.47. The SMILES string of the molecule is CCC1CCC(N(C)c2cc(Cl)ccc2CO)CC1. The second-order valence-corrected chi connectivity index (χ2v) is 6.06. The maximum Gasteiger partial charge on any atom is 0.0702 e. The van der Waals surface area contributed by atoms with E-state index in [1.807, 2.05) is 18.2 Å². The van der Waals surface area contributed by atoms with Gasteiger partial charge in [-0.05, 0) is 43.7 Å². The fraction of sp³-hybridized carbons (Fsp3) is 0.625. The van der Waals surface area contributed by atoms with Gasteiger partial charge >= 0.3 is 0 Å². The lowest BCUT2D eigenvalue weighted by Crippen LogP contribution is -2.35. The van der Waals surface area contributed by atoms with Gasteiger partial charge in [0.2, 0.25) is 0 Å². The summed E-state index contributed by atoms with van der Waals surface area (Å²) in [6.45, 7) is 2.36. The highest BCUT2D eigenvalue weighted by Gasteiger charge is 2.24. The molecule has 0 atom stereocenters. The molecule has 1 aliphatic rings. The van der Waals surface area contributed by atoms with E-state index in [-0.39, 0.29) is 6.61 Å². The van der Waals surface area contributed by atoms with Gasteiger partial charge < -0.3 is 10.0 Å². The van der Waals surface area contributed by atoms with Gasteiger partial charge in [-0.3, -0.25) is 0 Å². The molecule has 106 valence electrons. The average Bonchev–Trinajstić information content (AvgIpc) is 2.46. The van der Waals surface area contributed by atoms with Crippen LogP contribution in [-0.4, -0.2) is 18.2 Å². The summed E-state index contributed by atoms with van der Waals surface area (Å²) in [5.41, 5.74) is 2.04. The van der Waals surface area contributed by atoms with Crippen molar-refractivity contribution in [2.75, 3.05) is 11.9 Å². The van der Waals surface area contributed by atoms with Crippen LogP contribution in [-0.2, 0) is 6.61 Å². The number of nitrogens with zero attached hydrogens (tertiary/aromatic N) is 1. The minimum atomic E-state index is 0.0706. The van der Waals surface area contributed by atoms with Crippen molar-refractivity contribution in [3.05, 3.63) is 28.8 Å². The molecule has 0 saturated heterocycles. The quantitative estimate of drug-likeness (QED) is 0.892. The number of benzene rings is 1. The fourth-order valence-electron chi connectivity index (χ4n) is 3.14.